The third-order valence-electron chi connectivity index (χ3n) is 3.17. The van der Waals surface area contributed by atoms with Crippen LogP contribution in [0, 0.1) is 11.8 Å². The van der Waals surface area contributed by atoms with Crippen molar-refractivity contribution in [2.75, 3.05) is 13.1 Å². The predicted molar refractivity (Wildman–Crippen MR) is 53.0 cm³/mol. The van der Waals surface area contributed by atoms with E-state index in [0.29, 0.717) is 0 Å². The largest absolute Gasteiger partial charge is 0.316 e. The summed E-state index contributed by atoms with van der Waals surface area (Å²) in [5.41, 5.74) is 1.30. The van der Waals surface area contributed by atoms with Gasteiger partial charge in [-0.25, -0.2) is 0 Å². The third kappa shape index (κ3) is 1.27. The van der Waals surface area contributed by atoms with Crippen molar-refractivity contribution < 1.29 is 0 Å². The van der Waals surface area contributed by atoms with Gasteiger partial charge in [0.1, 0.15) is 0 Å². The van der Waals surface area contributed by atoms with E-state index in [4.69, 9.17) is 0 Å². The second-order valence-corrected chi connectivity index (χ2v) is 3.93. The summed E-state index contributed by atoms with van der Waals surface area (Å²) in [6.07, 6.45) is 2.04. The Bertz CT molecular complexity index is 300. The molecule has 3 rings (SSSR count). The number of aryl methyl sites for hydroxylation is 1. The van der Waals surface area contributed by atoms with Gasteiger partial charge in [0.2, 0.25) is 0 Å². The maximum absolute atomic E-state index is 4.44. The Morgan fingerprint density at radius 1 is 1.46 bits per heavy atom. The van der Waals surface area contributed by atoms with Crippen LogP contribution in [0.15, 0.2) is 12.3 Å². The molecule has 0 amide bonds. The molecule has 1 N–H and O–H groups in total. The smallest absolute Gasteiger partial charge is 0.0662 e. The SMILES string of the molecule is Cl.Cn1ccc(C2[C@H]3CNC[C@@H]23)n1. The molecule has 2 fully saturated rings. The zero-order valence-corrected chi connectivity index (χ0v) is 8.42. The molecule has 4 heteroatoms. The first-order chi connectivity index (χ1) is 5.86. The van der Waals surface area contributed by atoms with Crippen LogP contribution in [-0.4, -0.2) is 22.9 Å². The molecule has 2 heterocycles. The van der Waals surface area contributed by atoms with E-state index in [0.717, 1.165) is 17.8 Å². The molecular weight excluding hydrogens is 186 g/mol. The minimum atomic E-state index is 0. The zero-order valence-electron chi connectivity index (χ0n) is 7.60. The lowest BCUT2D eigenvalue weighted by molar-refractivity contribution is 0.657. The summed E-state index contributed by atoms with van der Waals surface area (Å²) >= 11 is 0. The van der Waals surface area contributed by atoms with Crippen molar-refractivity contribution in [2.45, 2.75) is 5.92 Å². The molecule has 1 aromatic rings. The molecule has 3 nitrogen and oxygen atoms in total. The van der Waals surface area contributed by atoms with Crippen molar-refractivity contribution in [3.8, 4) is 0 Å². The van der Waals surface area contributed by atoms with Crippen LogP contribution < -0.4 is 5.32 Å². The van der Waals surface area contributed by atoms with Gasteiger partial charge in [-0.2, -0.15) is 5.10 Å². The minimum Gasteiger partial charge on any atom is -0.316 e. The van der Waals surface area contributed by atoms with Gasteiger partial charge in [-0.15, -0.1) is 12.4 Å². The average molecular weight is 200 g/mol. The molecule has 1 saturated heterocycles. The molecule has 0 aromatic carbocycles. The lowest BCUT2D eigenvalue weighted by atomic mass is 10.2. The Kier molecular flexibility index (Phi) is 2.08. The van der Waals surface area contributed by atoms with Crippen LogP contribution in [0.25, 0.3) is 0 Å². The van der Waals surface area contributed by atoms with Crippen molar-refractivity contribution in [2.24, 2.45) is 18.9 Å². The first-order valence-corrected chi connectivity index (χ1v) is 4.56. The molecule has 13 heavy (non-hydrogen) atoms. The van der Waals surface area contributed by atoms with Gasteiger partial charge in [-0.05, 0) is 31.0 Å². The fourth-order valence-electron chi connectivity index (χ4n) is 2.47. The van der Waals surface area contributed by atoms with Crippen LogP contribution in [0.2, 0.25) is 0 Å². The van der Waals surface area contributed by atoms with Crippen LogP contribution in [0.3, 0.4) is 0 Å². The Hall–Kier alpha value is -0.540. The van der Waals surface area contributed by atoms with Gasteiger partial charge < -0.3 is 5.32 Å². The van der Waals surface area contributed by atoms with Crippen molar-refractivity contribution >= 4 is 12.4 Å². The van der Waals surface area contributed by atoms with Crippen LogP contribution in [-0.2, 0) is 7.05 Å². The Labute approximate surface area is 83.9 Å². The van der Waals surface area contributed by atoms with Gasteiger partial charge in [0.25, 0.3) is 0 Å². The Morgan fingerprint density at radius 3 is 2.69 bits per heavy atom. The summed E-state index contributed by atoms with van der Waals surface area (Å²) in [5.74, 6) is 2.55. The van der Waals surface area contributed by atoms with E-state index < -0.39 is 0 Å². The van der Waals surface area contributed by atoms with Gasteiger partial charge in [-0.1, -0.05) is 0 Å². The summed E-state index contributed by atoms with van der Waals surface area (Å²) in [5, 5.41) is 7.84. The lowest BCUT2D eigenvalue weighted by Gasteiger charge is -1.99. The minimum absolute atomic E-state index is 0. The molecule has 1 aliphatic heterocycles. The predicted octanol–water partition coefficient (Wildman–Crippen LogP) is 0.775. The average Bonchev–Trinajstić information content (AvgIpc) is 2.55. The highest BCUT2D eigenvalue weighted by molar-refractivity contribution is 5.85. The molecule has 3 atom stereocenters. The fourth-order valence-corrected chi connectivity index (χ4v) is 2.47. The van der Waals surface area contributed by atoms with E-state index >= 15 is 0 Å². The number of nitrogens with zero attached hydrogens (tertiary/aromatic N) is 2. The van der Waals surface area contributed by atoms with Crippen molar-refractivity contribution in [3.05, 3.63) is 18.0 Å². The molecule has 1 aromatic heterocycles. The second-order valence-electron chi connectivity index (χ2n) is 3.93. The van der Waals surface area contributed by atoms with Gasteiger partial charge in [0.15, 0.2) is 0 Å². The van der Waals surface area contributed by atoms with E-state index in [1.165, 1.54) is 18.8 Å². The highest BCUT2D eigenvalue weighted by Gasteiger charge is 2.54. The van der Waals surface area contributed by atoms with Crippen LogP contribution >= 0.6 is 12.4 Å². The molecule has 0 radical (unpaired) electrons. The molecule has 1 aliphatic carbocycles. The van der Waals surface area contributed by atoms with Crippen LogP contribution in [0.4, 0.5) is 0 Å². The first-order valence-electron chi connectivity index (χ1n) is 4.56. The van der Waals surface area contributed by atoms with Gasteiger partial charge in [-0.3, -0.25) is 4.68 Å². The molecule has 1 unspecified atom stereocenters. The van der Waals surface area contributed by atoms with Gasteiger partial charge in [0.05, 0.1) is 5.69 Å². The van der Waals surface area contributed by atoms with E-state index in [-0.39, 0.29) is 12.4 Å². The topological polar surface area (TPSA) is 29.9 Å². The van der Waals surface area contributed by atoms with Crippen molar-refractivity contribution in [1.82, 2.24) is 15.1 Å². The van der Waals surface area contributed by atoms with Crippen LogP contribution in [0.5, 0.6) is 0 Å². The summed E-state index contributed by atoms with van der Waals surface area (Å²) in [6.45, 7) is 2.40. The Morgan fingerprint density at radius 2 is 2.15 bits per heavy atom. The van der Waals surface area contributed by atoms with E-state index in [1.807, 2.05) is 17.9 Å². The number of rotatable bonds is 1. The Balaban J connectivity index is 0.000000653. The number of hydrogen-bond donors (Lipinski definition) is 1. The first kappa shape index (κ1) is 9.03. The van der Waals surface area contributed by atoms with E-state index in [2.05, 4.69) is 16.5 Å². The number of halogens is 1. The van der Waals surface area contributed by atoms with E-state index in [9.17, 15) is 0 Å². The van der Waals surface area contributed by atoms with Gasteiger partial charge >= 0.3 is 0 Å². The molecule has 72 valence electrons. The molecule has 0 bridgehead atoms. The van der Waals surface area contributed by atoms with Crippen molar-refractivity contribution in [1.29, 1.82) is 0 Å². The highest BCUT2D eigenvalue weighted by Crippen LogP contribution is 2.55. The summed E-state index contributed by atoms with van der Waals surface area (Å²) in [4.78, 5) is 0. The summed E-state index contributed by atoms with van der Waals surface area (Å²) in [6, 6.07) is 2.16. The highest BCUT2D eigenvalue weighted by atomic mass is 35.5. The zero-order chi connectivity index (χ0) is 8.13. The number of fused-ring (bicyclic) bond motifs is 1. The standard InChI is InChI=1S/C9H13N3.ClH/c1-12-3-2-8(11-12)9-6-4-10-5-7(6)9;/h2-3,6-7,9-10H,4-5H2,1H3;1H/t6-,7+,9?;. The maximum atomic E-state index is 4.44. The van der Waals surface area contributed by atoms with Crippen LogP contribution in [0.1, 0.15) is 11.6 Å². The summed E-state index contributed by atoms with van der Waals surface area (Å²) < 4.78 is 1.90. The van der Waals surface area contributed by atoms with Gasteiger partial charge in [0, 0.05) is 19.2 Å². The fraction of sp³-hybridized carbons (Fsp3) is 0.667. The van der Waals surface area contributed by atoms with Crippen molar-refractivity contribution in [3.63, 3.8) is 0 Å². The maximum Gasteiger partial charge on any atom is 0.0662 e. The molecule has 2 aliphatic rings. The summed E-state index contributed by atoms with van der Waals surface area (Å²) in [7, 11) is 1.99. The number of nitrogens with one attached hydrogen (secondary N) is 1. The monoisotopic (exact) mass is 199 g/mol. The third-order valence-corrected chi connectivity index (χ3v) is 3.17. The molecule has 1 saturated carbocycles. The second kappa shape index (κ2) is 3.00. The quantitative estimate of drug-likeness (QED) is 0.725. The molecular formula is C9H14ClN3. The number of aromatic nitrogens is 2. The van der Waals surface area contributed by atoms with E-state index in [1.54, 1.807) is 0 Å². The normalized spacial score (nSPS) is 35.3. The number of hydrogen-bond acceptors (Lipinski definition) is 2. The molecule has 0 spiro atoms. The number of piperidine rings is 1. The lowest BCUT2D eigenvalue weighted by Crippen LogP contribution is -2.14.